The van der Waals surface area contributed by atoms with Crippen LogP contribution in [-0.2, 0) is 6.42 Å². The van der Waals surface area contributed by atoms with E-state index in [1.54, 1.807) is 4.90 Å². The molecule has 92 valence electrons. The lowest BCUT2D eigenvalue weighted by Crippen LogP contribution is -2.53. The number of carbonyl (C=O) groups excluding carboxylic acids is 1. The van der Waals surface area contributed by atoms with Crippen molar-refractivity contribution in [2.45, 2.75) is 32.3 Å². The third-order valence-electron chi connectivity index (χ3n) is 3.17. The zero-order chi connectivity index (χ0) is 12.3. The van der Waals surface area contributed by atoms with Gasteiger partial charge in [0.25, 0.3) is 5.91 Å². The Morgan fingerprint density at radius 1 is 1.35 bits per heavy atom. The molecule has 0 aromatic heterocycles. The number of hydrogen-bond donors (Lipinski definition) is 1. The van der Waals surface area contributed by atoms with E-state index in [-0.39, 0.29) is 12.0 Å². The van der Waals surface area contributed by atoms with E-state index in [2.05, 4.69) is 6.92 Å². The molecule has 1 N–H and O–H groups in total. The minimum absolute atomic E-state index is 0.0253. The Balaban J connectivity index is 1.95. The molecule has 3 heteroatoms. The van der Waals surface area contributed by atoms with Crippen LogP contribution in [0.25, 0.3) is 0 Å². The lowest BCUT2D eigenvalue weighted by atomic mass is 10.0. The van der Waals surface area contributed by atoms with Crippen LogP contribution in [0.15, 0.2) is 24.3 Å². The quantitative estimate of drug-likeness (QED) is 0.862. The van der Waals surface area contributed by atoms with Crippen LogP contribution in [0.2, 0.25) is 0 Å². The number of benzene rings is 1. The van der Waals surface area contributed by atoms with Gasteiger partial charge in [-0.25, -0.2) is 0 Å². The number of nitrogens with zero attached hydrogens (tertiary/aromatic N) is 1. The number of amides is 1. The van der Waals surface area contributed by atoms with Gasteiger partial charge in [-0.15, -0.1) is 0 Å². The fraction of sp³-hybridized carbons (Fsp3) is 0.500. The summed E-state index contributed by atoms with van der Waals surface area (Å²) < 4.78 is 0. The van der Waals surface area contributed by atoms with Crippen molar-refractivity contribution < 1.29 is 9.90 Å². The van der Waals surface area contributed by atoms with E-state index in [0.29, 0.717) is 13.1 Å². The predicted octanol–water partition coefficient (Wildman–Crippen LogP) is 1.85. The van der Waals surface area contributed by atoms with Crippen LogP contribution in [0.5, 0.6) is 0 Å². The molecule has 0 aliphatic carbocycles. The Morgan fingerprint density at radius 3 is 2.53 bits per heavy atom. The number of aliphatic hydroxyl groups is 1. The minimum Gasteiger partial charge on any atom is -0.389 e. The standard InChI is InChI=1S/C14H19NO2/c1-2-3-4-11-5-7-12(8-6-11)14(17)15-9-13(16)10-15/h5-8,13,16H,2-4,9-10H2,1H3. The molecular formula is C14H19NO2. The lowest BCUT2D eigenvalue weighted by molar-refractivity contribution is 0.00589. The fourth-order valence-electron chi connectivity index (χ4n) is 2.00. The van der Waals surface area contributed by atoms with Crippen molar-refractivity contribution in [1.82, 2.24) is 4.90 Å². The maximum atomic E-state index is 11.9. The van der Waals surface area contributed by atoms with Crippen LogP contribution in [0.1, 0.15) is 35.7 Å². The molecule has 17 heavy (non-hydrogen) atoms. The Kier molecular flexibility index (Phi) is 3.79. The monoisotopic (exact) mass is 233 g/mol. The molecule has 1 aromatic carbocycles. The molecule has 1 heterocycles. The van der Waals surface area contributed by atoms with Gasteiger partial charge in [0, 0.05) is 18.7 Å². The molecule has 1 aliphatic heterocycles. The van der Waals surface area contributed by atoms with E-state index in [1.807, 2.05) is 24.3 Å². The molecule has 0 unspecified atom stereocenters. The van der Waals surface area contributed by atoms with Crippen LogP contribution < -0.4 is 0 Å². The second-order valence-corrected chi connectivity index (χ2v) is 4.66. The van der Waals surface area contributed by atoms with Crippen molar-refractivity contribution in [2.75, 3.05) is 13.1 Å². The Bertz CT molecular complexity index is 380. The van der Waals surface area contributed by atoms with Gasteiger partial charge in [-0.2, -0.15) is 0 Å². The number of β-amino-alcohol motifs (C(OH)–C–C–N with tert-alkyl or cyclic N) is 1. The van der Waals surface area contributed by atoms with Crippen LogP contribution in [0, 0.1) is 0 Å². The zero-order valence-corrected chi connectivity index (χ0v) is 10.2. The van der Waals surface area contributed by atoms with Crippen molar-refractivity contribution in [3.63, 3.8) is 0 Å². The Labute approximate surface area is 102 Å². The van der Waals surface area contributed by atoms with Crippen LogP contribution in [0.3, 0.4) is 0 Å². The average Bonchev–Trinajstić information content (AvgIpc) is 2.32. The first-order valence-electron chi connectivity index (χ1n) is 6.27. The molecule has 0 spiro atoms. The number of aryl methyl sites for hydroxylation is 1. The molecule has 1 fully saturated rings. The summed E-state index contributed by atoms with van der Waals surface area (Å²) in [6.07, 6.45) is 3.12. The van der Waals surface area contributed by atoms with Crippen molar-refractivity contribution in [2.24, 2.45) is 0 Å². The second-order valence-electron chi connectivity index (χ2n) is 4.66. The number of aliphatic hydroxyl groups excluding tert-OH is 1. The van der Waals surface area contributed by atoms with Gasteiger partial charge < -0.3 is 10.0 Å². The normalized spacial score (nSPS) is 15.8. The van der Waals surface area contributed by atoms with Gasteiger partial charge in [-0.3, -0.25) is 4.79 Å². The van der Waals surface area contributed by atoms with Crippen LogP contribution in [0.4, 0.5) is 0 Å². The van der Waals surface area contributed by atoms with Crippen molar-refractivity contribution >= 4 is 5.91 Å². The zero-order valence-electron chi connectivity index (χ0n) is 10.2. The first-order valence-corrected chi connectivity index (χ1v) is 6.27. The molecule has 3 nitrogen and oxygen atoms in total. The number of carbonyl (C=O) groups is 1. The van der Waals surface area contributed by atoms with Crippen LogP contribution >= 0.6 is 0 Å². The summed E-state index contributed by atoms with van der Waals surface area (Å²) in [7, 11) is 0. The summed E-state index contributed by atoms with van der Waals surface area (Å²) in [5, 5.41) is 9.16. The van der Waals surface area contributed by atoms with Crippen molar-refractivity contribution in [3.05, 3.63) is 35.4 Å². The highest BCUT2D eigenvalue weighted by Gasteiger charge is 2.29. The number of unbranched alkanes of at least 4 members (excludes halogenated alkanes) is 1. The van der Waals surface area contributed by atoms with Gasteiger partial charge in [-0.05, 0) is 30.5 Å². The highest BCUT2D eigenvalue weighted by atomic mass is 16.3. The molecule has 1 saturated heterocycles. The van der Waals surface area contributed by atoms with Gasteiger partial charge in [0.15, 0.2) is 0 Å². The molecule has 0 atom stereocenters. The minimum atomic E-state index is -0.331. The molecular weight excluding hydrogens is 214 g/mol. The largest absolute Gasteiger partial charge is 0.389 e. The first-order chi connectivity index (χ1) is 8.20. The van der Waals surface area contributed by atoms with Gasteiger partial charge >= 0.3 is 0 Å². The molecule has 0 saturated carbocycles. The van der Waals surface area contributed by atoms with E-state index >= 15 is 0 Å². The summed E-state index contributed by atoms with van der Waals surface area (Å²) in [5.41, 5.74) is 2.00. The highest BCUT2D eigenvalue weighted by molar-refractivity contribution is 5.94. The van der Waals surface area contributed by atoms with Gasteiger partial charge in [0.2, 0.25) is 0 Å². The smallest absolute Gasteiger partial charge is 0.254 e. The maximum absolute atomic E-state index is 11.9. The number of hydrogen-bond acceptors (Lipinski definition) is 2. The number of likely N-dealkylation sites (tertiary alicyclic amines) is 1. The molecule has 1 aromatic rings. The van der Waals surface area contributed by atoms with Gasteiger partial charge in [0.05, 0.1) is 6.10 Å². The summed E-state index contributed by atoms with van der Waals surface area (Å²) in [6, 6.07) is 7.83. The Hall–Kier alpha value is -1.35. The molecule has 0 radical (unpaired) electrons. The van der Waals surface area contributed by atoms with Crippen molar-refractivity contribution in [3.8, 4) is 0 Å². The number of rotatable bonds is 4. The van der Waals surface area contributed by atoms with E-state index in [0.717, 1.165) is 12.0 Å². The third-order valence-corrected chi connectivity index (χ3v) is 3.17. The molecule has 0 bridgehead atoms. The van der Waals surface area contributed by atoms with Gasteiger partial charge in [0.1, 0.15) is 0 Å². The average molecular weight is 233 g/mol. The third kappa shape index (κ3) is 2.86. The van der Waals surface area contributed by atoms with Crippen LogP contribution in [-0.4, -0.2) is 35.1 Å². The highest BCUT2D eigenvalue weighted by Crippen LogP contribution is 2.14. The SMILES string of the molecule is CCCCc1ccc(C(=O)N2CC(O)C2)cc1. The molecule has 2 rings (SSSR count). The van der Waals surface area contributed by atoms with E-state index < -0.39 is 0 Å². The van der Waals surface area contributed by atoms with E-state index in [1.165, 1.54) is 18.4 Å². The summed E-state index contributed by atoms with van der Waals surface area (Å²) in [5.74, 6) is 0.0253. The summed E-state index contributed by atoms with van der Waals surface area (Å²) in [4.78, 5) is 13.6. The lowest BCUT2D eigenvalue weighted by Gasteiger charge is -2.35. The predicted molar refractivity (Wildman–Crippen MR) is 67.0 cm³/mol. The summed E-state index contributed by atoms with van der Waals surface area (Å²) in [6.45, 7) is 3.11. The Morgan fingerprint density at radius 2 is 2.00 bits per heavy atom. The maximum Gasteiger partial charge on any atom is 0.254 e. The first kappa shape index (κ1) is 12.1. The fourth-order valence-corrected chi connectivity index (χ4v) is 2.00. The summed E-state index contributed by atoms with van der Waals surface area (Å²) >= 11 is 0. The topological polar surface area (TPSA) is 40.5 Å². The molecule has 1 aliphatic rings. The van der Waals surface area contributed by atoms with Gasteiger partial charge in [-0.1, -0.05) is 25.5 Å². The second kappa shape index (κ2) is 5.32. The van der Waals surface area contributed by atoms with E-state index in [4.69, 9.17) is 5.11 Å². The van der Waals surface area contributed by atoms with E-state index in [9.17, 15) is 4.79 Å². The molecule has 1 amide bonds. The van der Waals surface area contributed by atoms with Crippen molar-refractivity contribution in [1.29, 1.82) is 0 Å².